The Hall–Kier alpha value is -2.48. The fourth-order valence-corrected chi connectivity index (χ4v) is 2.16. The number of carboxylic acids is 1. The van der Waals surface area contributed by atoms with Crippen LogP contribution in [0.4, 0.5) is 0 Å². The first-order valence-corrected chi connectivity index (χ1v) is 7.07. The molecule has 0 atom stereocenters. The van der Waals surface area contributed by atoms with E-state index in [0.717, 1.165) is 26.9 Å². The van der Waals surface area contributed by atoms with Crippen LogP contribution in [-0.2, 0) is 17.9 Å². The normalized spacial score (nSPS) is 10.2. The van der Waals surface area contributed by atoms with Gasteiger partial charge in [0.1, 0.15) is 6.54 Å². The van der Waals surface area contributed by atoms with E-state index < -0.39 is 17.4 Å². The number of nitrogens with zero attached hydrogens (tertiary/aromatic N) is 2. The first-order chi connectivity index (χ1) is 10.5. The van der Waals surface area contributed by atoms with Crippen LogP contribution in [0.25, 0.3) is 0 Å². The molecule has 1 heterocycles. The van der Waals surface area contributed by atoms with Crippen molar-refractivity contribution < 1.29 is 14.7 Å². The van der Waals surface area contributed by atoms with Gasteiger partial charge in [-0.25, -0.2) is 9.48 Å². The fraction of sp³-hybridized carbons (Fsp3) is 0.143. The first kappa shape index (κ1) is 15.9. The Labute approximate surface area is 133 Å². The maximum absolute atomic E-state index is 11.8. The third kappa shape index (κ3) is 4.26. The maximum Gasteiger partial charge on any atom is 0.356 e. The van der Waals surface area contributed by atoms with Crippen LogP contribution in [0, 0.1) is 0 Å². The van der Waals surface area contributed by atoms with Crippen LogP contribution in [0.15, 0.2) is 45.7 Å². The van der Waals surface area contributed by atoms with E-state index >= 15 is 0 Å². The Morgan fingerprint density at radius 3 is 2.73 bits per heavy atom. The van der Waals surface area contributed by atoms with E-state index in [0.29, 0.717) is 6.54 Å². The molecule has 0 aliphatic rings. The topological polar surface area (TPSA) is 101 Å². The van der Waals surface area contributed by atoms with Crippen molar-refractivity contribution in [2.75, 3.05) is 0 Å². The number of carbonyl (C=O) groups is 2. The van der Waals surface area contributed by atoms with E-state index in [1.807, 2.05) is 24.3 Å². The minimum absolute atomic E-state index is 0.292. The summed E-state index contributed by atoms with van der Waals surface area (Å²) in [4.78, 5) is 34.2. The number of rotatable bonds is 5. The minimum atomic E-state index is -1.26. The number of nitrogens with one attached hydrogen (secondary N) is 1. The molecule has 2 aromatic rings. The van der Waals surface area contributed by atoms with Crippen LogP contribution in [0.2, 0.25) is 0 Å². The highest BCUT2D eigenvalue weighted by molar-refractivity contribution is 9.10. The van der Waals surface area contributed by atoms with Gasteiger partial charge in [0.05, 0.1) is 0 Å². The Morgan fingerprint density at radius 1 is 1.27 bits per heavy atom. The molecule has 0 saturated heterocycles. The molecule has 0 aliphatic heterocycles. The highest BCUT2D eigenvalue weighted by Gasteiger charge is 2.10. The van der Waals surface area contributed by atoms with Gasteiger partial charge in [-0.05, 0) is 23.8 Å². The van der Waals surface area contributed by atoms with Gasteiger partial charge in [0.25, 0.3) is 5.56 Å². The van der Waals surface area contributed by atoms with Gasteiger partial charge in [0, 0.05) is 17.1 Å². The molecule has 114 valence electrons. The average molecular weight is 366 g/mol. The van der Waals surface area contributed by atoms with Crippen LogP contribution in [-0.4, -0.2) is 26.8 Å². The number of carboxylic acid groups (broad SMARTS) is 1. The number of hydrogen-bond donors (Lipinski definition) is 2. The SMILES string of the molecule is O=C(Cn1nc(C(=O)O)ccc1=O)NCc1cccc(Br)c1. The number of aromatic carboxylic acids is 1. The predicted molar refractivity (Wildman–Crippen MR) is 81.4 cm³/mol. The lowest BCUT2D eigenvalue weighted by Gasteiger charge is -2.07. The largest absolute Gasteiger partial charge is 0.476 e. The zero-order chi connectivity index (χ0) is 16.1. The van der Waals surface area contributed by atoms with E-state index in [1.54, 1.807) is 0 Å². The lowest BCUT2D eigenvalue weighted by molar-refractivity contribution is -0.122. The van der Waals surface area contributed by atoms with Crippen LogP contribution in [0.1, 0.15) is 16.1 Å². The third-order valence-corrected chi connectivity index (χ3v) is 3.25. The molecule has 0 saturated carbocycles. The summed E-state index contributed by atoms with van der Waals surface area (Å²) in [5, 5.41) is 15.1. The molecule has 1 aromatic carbocycles. The monoisotopic (exact) mass is 365 g/mol. The summed E-state index contributed by atoms with van der Waals surface area (Å²) in [5.74, 6) is -1.69. The Balaban J connectivity index is 2.01. The van der Waals surface area contributed by atoms with E-state index in [4.69, 9.17) is 5.11 Å². The predicted octanol–water partition coefficient (Wildman–Crippen LogP) is 1.02. The molecular formula is C14H12BrN3O4. The van der Waals surface area contributed by atoms with Crippen LogP contribution >= 0.6 is 15.9 Å². The van der Waals surface area contributed by atoms with Crippen LogP contribution < -0.4 is 10.9 Å². The number of aromatic nitrogens is 2. The average Bonchev–Trinajstić information content (AvgIpc) is 2.47. The van der Waals surface area contributed by atoms with Gasteiger partial charge in [0.2, 0.25) is 5.91 Å². The van der Waals surface area contributed by atoms with Crippen molar-refractivity contribution >= 4 is 27.8 Å². The lowest BCUT2D eigenvalue weighted by Crippen LogP contribution is -2.33. The van der Waals surface area contributed by atoms with Gasteiger partial charge in [-0.1, -0.05) is 28.1 Å². The molecule has 1 aromatic heterocycles. The van der Waals surface area contributed by atoms with Gasteiger partial charge in [-0.3, -0.25) is 9.59 Å². The smallest absolute Gasteiger partial charge is 0.356 e. The molecule has 8 heteroatoms. The first-order valence-electron chi connectivity index (χ1n) is 6.28. The van der Waals surface area contributed by atoms with Crippen molar-refractivity contribution in [3.63, 3.8) is 0 Å². The molecule has 7 nitrogen and oxygen atoms in total. The molecule has 0 bridgehead atoms. The zero-order valence-electron chi connectivity index (χ0n) is 11.3. The molecule has 0 radical (unpaired) electrons. The van der Waals surface area contributed by atoms with E-state index in [1.165, 1.54) is 0 Å². The number of halogens is 1. The van der Waals surface area contributed by atoms with E-state index in [-0.39, 0.29) is 12.2 Å². The molecule has 2 N–H and O–H groups in total. The Kier molecular flexibility index (Phi) is 5.05. The van der Waals surface area contributed by atoms with Gasteiger partial charge >= 0.3 is 5.97 Å². The second kappa shape index (κ2) is 6.99. The van der Waals surface area contributed by atoms with Crippen LogP contribution in [0.3, 0.4) is 0 Å². The summed E-state index contributed by atoms with van der Waals surface area (Å²) in [5.41, 5.74) is 0.0595. The summed E-state index contributed by atoms with van der Waals surface area (Å²) in [6.45, 7) is -0.0421. The number of carbonyl (C=O) groups excluding carboxylic acids is 1. The zero-order valence-corrected chi connectivity index (χ0v) is 12.9. The molecule has 0 spiro atoms. The molecule has 0 fully saturated rings. The summed E-state index contributed by atoms with van der Waals surface area (Å²) in [7, 11) is 0. The van der Waals surface area contributed by atoms with Gasteiger partial charge in [-0.2, -0.15) is 5.10 Å². The van der Waals surface area contributed by atoms with Crippen molar-refractivity contribution in [2.24, 2.45) is 0 Å². The summed E-state index contributed by atoms with van der Waals surface area (Å²) in [6, 6.07) is 9.58. The minimum Gasteiger partial charge on any atom is -0.476 e. The van der Waals surface area contributed by atoms with E-state index in [2.05, 4.69) is 26.3 Å². The van der Waals surface area contributed by atoms with Gasteiger partial charge < -0.3 is 10.4 Å². The summed E-state index contributed by atoms with van der Waals surface area (Å²) in [6.07, 6.45) is 0. The Morgan fingerprint density at radius 2 is 2.05 bits per heavy atom. The van der Waals surface area contributed by atoms with Crippen molar-refractivity contribution in [3.05, 3.63) is 62.5 Å². The molecule has 2 rings (SSSR count). The molecule has 1 amide bonds. The number of hydrogen-bond acceptors (Lipinski definition) is 4. The number of benzene rings is 1. The lowest BCUT2D eigenvalue weighted by atomic mass is 10.2. The Bertz CT molecular complexity index is 773. The summed E-state index contributed by atoms with van der Waals surface area (Å²) < 4.78 is 1.71. The van der Waals surface area contributed by atoms with Gasteiger partial charge in [0.15, 0.2) is 5.69 Å². The van der Waals surface area contributed by atoms with Crippen molar-refractivity contribution in [1.82, 2.24) is 15.1 Å². The summed E-state index contributed by atoms with van der Waals surface area (Å²) >= 11 is 3.33. The van der Waals surface area contributed by atoms with Crippen molar-refractivity contribution in [3.8, 4) is 0 Å². The highest BCUT2D eigenvalue weighted by atomic mass is 79.9. The standard InChI is InChI=1S/C14H12BrN3O4/c15-10-3-1-2-9(6-10)7-16-12(19)8-18-13(20)5-4-11(17-18)14(21)22/h1-6H,7-8H2,(H,16,19)(H,21,22). The maximum atomic E-state index is 11.8. The second-order valence-corrected chi connectivity index (χ2v) is 5.34. The molecule has 22 heavy (non-hydrogen) atoms. The van der Waals surface area contributed by atoms with Crippen molar-refractivity contribution in [2.45, 2.75) is 13.1 Å². The van der Waals surface area contributed by atoms with Crippen LogP contribution in [0.5, 0.6) is 0 Å². The van der Waals surface area contributed by atoms with E-state index in [9.17, 15) is 14.4 Å². The fourth-order valence-electron chi connectivity index (χ4n) is 1.72. The third-order valence-electron chi connectivity index (χ3n) is 2.76. The quantitative estimate of drug-likeness (QED) is 0.823. The molecular weight excluding hydrogens is 354 g/mol. The van der Waals surface area contributed by atoms with Gasteiger partial charge in [-0.15, -0.1) is 0 Å². The molecule has 0 unspecified atom stereocenters. The van der Waals surface area contributed by atoms with Crippen molar-refractivity contribution in [1.29, 1.82) is 0 Å². The highest BCUT2D eigenvalue weighted by Crippen LogP contribution is 2.11. The second-order valence-electron chi connectivity index (χ2n) is 4.43. The number of amides is 1. The molecule has 0 aliphatic carbocycles.